The van der Waals surface area contributed by atoms with Crippen LogP contribution in [-0.2, 0) is 4.79 Å². The Bertz CT molecular complexity index is 489. The molecule has 0 saturated heterocycles. The first kappa shape index (κ1) is 15.7. The number of methoxy groups -OCH3 is 1. The van der Waals surface area contributed by atoms with Crippen molar-refractivity contribution < 1.29 is 14.5 Å². The second kappa shape index (κ2) is 7.32. The van der Waals surface area contributed by atoms with Crippen molar-refractivity contribution in [2.75, 3.05) is 25.5 Å². The van der Waals surface area contributed by atoms with Crippen LogP contribution in [0.15, 0.2) is 18.2 Å². The molecule has 0 atom stereocenters. The van der Waals surface area contributed by atoms with Crippen molar-refractivity contribution in [3.05, 3.63) is 28.3 Å². The molecule has 1 aromatic rings. The van der Waals surface area contributed by atoms with Gasteiger partial charge in [-0.25, -0.2) is 0 Å². The fraction of sp³-hybridized carbons (Fsp3) is 0.462. The first-order chi connectivity index (χ1) is 9.43. The number of anilines is 1. The number of nitrogens with one attached hydrogen (secondary N) is 2. The summed E-state index contributed by atoms with van der Waals surface area (Å²) in [6.45, 7) is 4.54. The van der Waals surface area contributed by atoms with Crippen LogP contribution >= 0.6 is 0 Å². The molecule has 7 nitrogen and oxygen atoms in total. The number of carbonyl (C=O) groups is 1. The van der Waals surface area contributed by atoms with Crippen molar-refractivity contribution in [1.29, 1.82) is 0 Å². The second-order valence-electron chi connectivity index (χ2n) is 4.69. The van der Waals surface area contributed by atoms with E-state index in [9.17, 15) is 14.9 Å². The fourth-order valence-electron chi connectivity index (χ4n) is 1.49. The first-order valence-corrected chi connectivity index (χ1v) is 6.27. The molecule has 0 radical (unpaired) electrons. The zero-order valence-electron chi connectivity index (χ0n) is 11.8. The molecule has 0 spiro atoms. The Hall–Kier alpha value is -2.31. The maximum atomic E-state index is 11.6. The van der Waals surface area contributed by atoms with Crippen LogP contribution < -0.4 is 15.4 Å². The van der Waals surface area contributed by atoms with Crippen molar-refractivity contribution in [2.24, 2.45) is 5.92 Å². The van der Waals surface area contributed by atoms with E-state index in [4.69, 9.17) is 4.74 Å². The predicted octanol–water partition coefficient (Wildman–Crippen LogP) is 1.79. The van der Waals surface area contributed by atoms with Gasteiger partial charge >= 0.3 is 0 Å². The van der Waals surface area contributed by atoms with E-state index in [1.165, 1.54) is 19.2 Å². The third kappa shape index (κ3) is 4.75. The summed E-state index contributed by atoms with van der Waals surface area (Å²) in [5.74, 6) is 0.546. The van der Waals surface area contributed by atoms with Crippen molar-refractivity contribution in [2.45, 2.75) is 13.8 Å². The molecule has 0 saturated carbocycles. The maximum Gasteiger partial charge on any atom is 0.296 e. The molecule has 20 heavy (non-hydrogen) atoms. The standard InChI is InChI=1S/C13H19N3O4/c1-9(2)7-15-13(17)8-14-11-5-4-10(20-3)6-12(11)16(18)19/h4-6,9,14H,7-8H2,1-3H3,(H,15,17). The average Bonchev–Trinajstić information content (AvgIpc) is 2.42. The van der Waals surface area contributed by atoms with Gasteiger partial charge in [-0.15, -0.1) is 0 Å². The van der Waals surface area contributed by atoms with Crippen LogP contribution in [0.4, 0.5) is 11.4 Å². The molecular weight excluding hydrogens is 262 g/mol. The molecule has 0 fully saturated rings. The lowest BCUT2D eigenvalue weighted by Crippen LogP contribution is -2.32. The van der Waals surface area contributed by atoms with E-state index < -0.39 is 4.92 Å². The van der Waals surface area contributed by atoms with E-state index in [0.717, 1.165) is 0 Å². The number of nitro benzene ring substituents is 1. The van der Waals surface area contributed by atoms with E-state index >= 15 is 0 Å². The smallest absolute Gasteiger partial charge is 0.296 e. The quantitative estimate of drug-likeness (QED) is 0.587. The highest BCUT2D eigenvalue weighted by atomic mass is 16.6. The van der Waals surface area contributed by atoms with E-state index in [0.29, 0.717) is 18.2 Å². The zero-order valence-corrected chi connectivity index (χ0v) is 11.8. The highest BCUT2D eigenvalue weighted by Crippen LogP contribution is 2.28. The second-order valence-corrected chi connectivity index (χ2v) is 4.69. The summed E-state index contributed by atoms with van der Waals surface area (Å²) in [4.78, 5) is 22.0. The minimum absolute atomic E-state index is 0.0140. The van der Waals surface area contributed by atoms with Gasteiger partial charge in [0.25, 0.3) is 5.69 Å². The van der Waals surface area contributed by atoms with E-state index in [1.54, 1.807) is 6.07 Å². The van der Waals surface area contributed by atoms with Gasteiger partial charge in [-0.3, -0.25) is 14.9 Å². The maximum absolute atomic E-state index is 11.6. The summed E-state index contributed by atoms with van der Waals surface area (Å²) >= 11 is 0. The number of hydrogen-bond donors (Lipinski definition) is 2. The highest BCUT2D eigenvalue weighted by Gasteiger charge is 2.15. The number of carbonyl (C=O) groups excluding carboxylic acids is 1. The van der Waals surface area contributed by atoms with Crippen molar-refractivity contribution in [3.8, 4) is 5.75 Å². The molecule has 0 aliphatic heterocycles. The molecule has 2 N–H and O–H groups in total. The molecule has 1 rings (SSSR count). The van der Waals surface area contributed by atoms with Crippen LogP contribution in [0.3, 0.4) is 0 Å². The molecular formula is C13H19N3O4. The minimum atomic E-state index is -0.517. The van der Waals surface area contributed by atoms with Gasteiger partial charge in [-0.2, -0.15) is 0 Å². The lowest BCUT2D eigenvalue weighted by Gasteiger charge is -2.10. The van der Waals surface area contributed by atoms with Crippen molar-refractivity contribution in [3.63, 3.8) is 0 Å². The van der Waals surface area contributed by atoms with Gasteiger partial charge < -0.3 is 15.4 Å². The molecule has 0 aliphatic rings. The molecule has 1 aromatic carbocycles. The van der Waals surface area contributed by atoms with Gasteiger partial charge in [-0.05, 0) is 18.1 Å². The summed E-state index contributed by atoms with van der Waals surface area (Å²) in [6.07, 6.45) is 0. The average molecular weight is 281 g/mol. The monoisotopic (exact) mass is 281 g/mol. The van der Waals surface area contributed by atoms with Gasteiger partial charge in [0.2, 0.25) is 5.91 Å². The van der Waals surface area contributed by atoms with E-state index in [2.05, 4.69) is 10.6 Å². The third-order valence-electron chi connectivity index (χ3n) is 2.55. The molecule has 0 bridgehead atoms. The van der Waals surface area contributed by atoms with Crippen LogP contribution in [0.25, 0.3) is 0 Å². The van der Waals surface area contributed by atoms with Gasteiger partial charge in [0.15, 0.2) is 0 Å². The molecule has 0 aliphatic carbocycles. The van der Waals surface area contributed by atoms with Crippen LogP contribution in [0, 0.1) is 16.0 Å². The van der Waals surface area contributed by atoms with Crippen LogP contribution in [0.5, 0.6) is 5.75 Å². The Morgan fingerprint density at radius 2 is 2.15 bits per heavy atom. The predicted molar refractivity (Wildman–Crippen MR) is 76.0 cm³/mol. The Kier molecular flexibility index (Phi) is 5.76. The van der Waals surface area contributed by atoms with Gasteiger partial charge in [0.1, 0.15) is 11.4 Å². The van der Waals surface area contributed by atoms with Gasteiger partial charge in [-0.1, -0.05) is 13.8 Å². The summed E-state index contributed by atoms with van der Waals surface area (Å²) < 4.78 is 4.94. The summed E-state index contributed by atoms with van der Waals surface area (Å²) in [7, 11) is 1.44. The summed E-state index contributed by atoms with van der Waals surface area (Å²) in [5.41, 5.74) is 0.163. The lowest BCUT2D eigenvalue weighted by atomic mass is 10.2. The Morgan fingerprint density at radius 1 is 1.45 bits per heavy atom. The fourth-order valence-corrected chi connectivity index (χ4v) is 1.49. The van der Waals surface area contributed by atoms with Crippen LogP contribution in [0.1, 0.15) is 13.8 Å². The lowest BCUT2D eigenvalue weighted by molar-refractivity contribution is -0.384. The minimum Gasteiger partial charge on any atom is -0.496 e. The Labute approximate surface area is 117 Å². The third-order valence-corrected chi connectivity index (χ3v) is 2.55. The topological polar surface area (TPSA) is 93.5 Å². The van der Waals surface area contributed by atoms with E-state index in [1.807, 2.05) is 13.8 Å². The van der Waals surface area contributed by atoms with E-state index in [-0.39, 0.29) is 23.8 Å². The number of nitro groups is 1. The van der Waals surface area contributed by atoms with Crippen molar-refractivity contribution >= 4 is 17.3 Å². The Morgan fingerprint density at radius 3 is 2.70 bits per heavy atom. The number of rotatable bonds is 7. The summed E-state index contributed by atoms with van der Waals surface area (Å²) in [5, 5.41) is 16.4. The molecule has 110 valence electrons. The van der Waals surface area contributed by atoms with Gasteiger partial charge in [0.05, 0.1) is 24.6 Å². The van der Waals surface area contributed by atoms with Gasteiger partial charge in [0, 0.05) is 6.54 Å². The highest BCUT2D eigenvalue weighted by molar-refractivity contribution is 5.81. The number of nitrogens with zero attached hydrogens (tertiary/aromatic N) is 1. The Balaban J connectivity index is 2.67. The number of benzene rings is 1. The van der Waals surface area contributed by atoms with Crippen LogP contribution in [-0.4, -0.2) is 31.0 Å². The number of amides is 1. The number of hydrogen-bond acceptors (Lipinski definition) is 5. The van der Waals surface area contributed by atoms with Crippen LogP contribution in [0.2, 0.25) is 0 Å². The zero-order chi connectivity index (χ0) is 15.1. The number of ether oxygens (including phenoxy) is 1. The molecule has 0 unspecified atom stereocenters. The molecule has 0 aromatic heterocycles. The molecule has 1 amide bonds. The largest absolute Gasteiger partial charge is 0.496 e. The molecule has 7 heteroatoms. The van der Waals surface area contributed by atoms with Crippen molar-refractivity contribution in [1.82, 2.24) is 5.32 Å². The summed E-state index contributed by atoms with van der Waals surface area (Å²) in [6, 6.07) is 4.43. The normalized spacial score (nSPS) is 10.2. The first-order valence-electron chi connectivity index (χ1n) is 6.27. The molecule has 0 heterocycles. The SMILES string of the molecule is COc1ccc(NCC(=O)NCC(C)C)c([N+](=O)[O-])c1.